The minimum atomic E-state index is -0.847. The van der Waals surface area contributed by atoms with Gasteiger partial charge in [-0.1, -0.05) is 109 Å². The summed E-state index contributed by atoms with van der Waals surface area (Å²) in [4.78, 5) is 110. The van der Waals surface area contributed by atoms with Crippen molar-refractivity contribution in [3.05, 3.63) is 206 Å². The maximum Gasteiger partial charge on any atom is 0.255 e. The van der Waals surface area contributed by atoms with E-state index >= 15 is 0 Å². The minimum absolute atomic E-state index is 0.100. The molecule has 16 heteroatoms. The third kappa shape index (κ3) is 7.08. The molecule has 0 saturated heterocycles. The third-order valence-electron chi connectivity index (χ3n) is 14.2. The predicted octanol–water partition coefficient (Wildman–Crippen LogP) is 11.1. The summed E-state index contributed by atoms with van der Waals surface area (Å²) in [7, 11) is 0. The Morgan fingerprint density at radius 1 is 0.231 bits per heavy atom. The van der Waals surface area contributed by atoms with Crippen LogP contribution in [0.25, 0.3) is 134 Å². The van der Waals surface area contributed by atoms with E-state index in [1.165, 1.54) is 12.4 Å². The molecule has 16 nitrogen and oxygen atoms in total. The average Bonchev–Trinajstić information content (AvgIpc) is 3.57. The van der Waals surface area contributed by atoms with Crippen LogP contribution >= 0.6 is 0 Å². The Bertz CT molecular complexity index is 4510. The maximum atomic E-state index is 13.6. The highest BCUT2D eigenvalue weighted by molar-refractivity contribution is 6.52. The molecule has 0 spiro atoms. The summed E-state index contributed by atoms with van der Waals surface area (Å²) in [6.07, 6.45) is 13.3. The molecule has 0 fully saturated rings. The first kappa shape index (κ1) is 44.2. The molecule has 0 radical (unpaired) electrons. The van der Waals surface area contributed by atoms with Gasteiger partial charge in [0, 0.05) is 79.7 Å². The van der Waals surface area contributed by atoms with E-state index in [1.807, 2.05) is 109 Å². The average molecular weight is 1010 g/mol. The third-order valence-corrected chi connectivity index (χ3v) is 14.2. The van der Waals surface area contributed by atoms with E-state index in [0.717, 1.165) is 65.9 Å². The van der Waals surface area contributed by atoms with Crippen LogP contribution in [-0.2, 0) is 0 Å². The van der Waals surface area contributed by atoms with Crippen molar-refractivity contribution in [3.63, 3.8) is 0 Å². The van der Waals surface area contributed by atoms with Crippen molar-refractivity contribution >= 4 is 66.7 Å². The van der Waals surface area contributed by atoms with E-state index in [2.05, 4.69) is 62.0 Å². The van der Waals surface area contributed by atoms with Crippen LogP contribution in [0.5, 0.6) is 0 Å². The highest BCUT2D eigenvalue weighted by Crippen LogP contribution is 2.36. The molecule has 8 aromatic heterocycles. The summed E-state index contributed by atoms with van der Waals surface area (Å²) in [6, 6.07) is 42.4. The summed E-state index contributed by atoms with van der Waals surface area (Å²) in [5.74, 6) is -3.37. The SMILES string of the molecule is O=C1C(=O)c2nc(-c3ccc(-c4cnc5c(n4)C(=O)C(=O)c4nc(-c6ccc(-c7cnc8c(ccc9cccnc98)c7)cc6)cnc4-5)cc3)cnc2-c2ncc(-c3ccc(-c4cnc5c(ccc6cccnc65)c4)cc3)nc21. The van der Waals surface area contributed by atoms with Gasteiger partial charge in [0.05, 0.1) is 69.6 Å². The maximum absolute atomic E-state index is 13.6. The number of pyridine rings is 4. The Hall–Kier alpha value is -11.3. The number of hydrogen-bond donors (Lipinski definition) is 0. The zero-order valence-electron chi connectivity index (χ0n) is 40.3. The number of carbonyl (C=O) groups excluding carboxylic acids is 4. The van der Waals surface area contributed by atoms with E-state index in [1.54, 1.807) is 49.1 Å². The second-order valence-electron chi connectivity index (χ2n) is 18.7. The van der Waals surface area contributed by atoms with Crippen LogP contribution in [0.3, 0.4) is 0 Å². The van der Waals surface area contributed by atoms with E-state index in [4.69, 9.17) is 9.97 Å². The molecule has 13 aromatic rings. The van der Waals surface area contributed by atoms with Gasteiger partial charge in [0.2, 0.25) is 0 Å². The van der Waals surface area contributed by atoms with Gasteiger partial charge in [0.25, 0.3) is 23.1 Å². The summed E-state index contributed by atoms with van der Waals surface area (Å²) in [5, 5.41) is 3.99. The smallest absolute Gasteiger partial charge is 0.255 e. The number of hydrogen-bond acceptors (Lipinski definition) is 16. The molecule has 0 aliphatic heterocycles. The van der Waals surface area contributed by atoms with Crippen LogP contribution < -0.4 is 0 Å². The molecule has 0 atom stereocenters. The Labute approximate surface area is 439 Å². The zero-order valence-corrected chi connectivity index (χ0v) is 40.3. The molecule has 8 heterocycles. The van der Waals surface area contributed by atoms with Crippen LogP contribution in [0.2, 0.25) is 0 Å². The monoisotopic (exact) mass is 1010 g/mol. The van der Waals surface area contributed by atoms with Gasteiger partial charge in [-0.05, 0) is 35.4 Å². The van der Waals surface area contributed by atoms with Gasteiger partial charge >= 0.3 is 0 Å². The molecule has 0 saturated carbocycles. The number of ketones is 4. The summed E-state index contributed by atoms with van der Waals surface area (Å²) < 4.78 is 0. The second kappa shape index (κ2) is 17.2. The van der Waals surface area contributed by atoms with Gasteiger partial charge in [0.1, 0.15) is 45.6 Å². The van der Waals surface area contributed by atoms with Gasteiger partial charge in [-0.2, -0.15) is 0 Å². The van der Waals surface area contributed by atoms with Gasteiger partial charge in [-0.15, -0.1) is 0 Å². The fraction of sp³-hybridized carbons (Fsp3) is 0. The predicted molar refractivity (Wildman–Crippen MR) is 291 cm³/mol. The number of benzene rings is 5. The van der Waals surface area contributed by atoms with Crippen LogP contribution in [0.1, 0.15) is 42.0 Å². The topological polar surface area (TPSA) is 223 Å². The van der Waals surface area contributed by atoms with Crippen molar-refractivity contribution in [2.75, 3.05) is 0 Å². The van der Waals surface area contributed by atoms with Crippen LogP contribution in [0, 0.1) is 0 Å². The lowest BCUT2D eigenvalue weighted by atomic mass is 9.96. The number of Topliss-reactive ketones (excluding diaryl/α,β-unsaturated/α-hetero) is 4. The fourth-order valence-corrected chi connectivity index (χ4v) is 10.1. The van der Waals surface area contributed by atoms with E-state index in [9.17, 15) is 19.2 Å². The van der Waals surface area contributed by atoms with Crippen molar-refractivity contribution in [3.8, 4) is 90.1 Å². The molecule has 362 valence electrons. The molecule has 78 heavy (non-hydrogen) atoms. The largest absolute Gasteiger partial charge is 0.283 e. The summed E-state index contributed by atoms with van der Waals surface area (Å²) in [6.45, 7) is 0. The van der Waals surface area contributed by atoms with Gasteiger partial charge in [0.15, 0.2) is 0 Å². The molecule has 0 amide bonds. The van der Waals surface area contributed by atoms with Crippen molar-refractivity contribution in [2.24, 2.45) is 0 Å². The van der Waals surface area contributed by atoms with E-state index in [-0.39, 0.29) is 45.6 Å². The van der Waals surface area contributed by atoms with Crippen LogP contribution in [-0.4, -0.2) is 82.9 Å². The Morgan fingerprint density at radius 2 is 0.513 bits per heavy atom. The van der Waals surface area contributed by atoms with Gasteiger partial charge in [-0.3, -0.25) is 39.1 Å². The molecule has 2 aliphatic rings. The quantitative estimate of drug-likeness (QED) is 0.112. The molecular formula is C62H30N12O4. The summed E-state index contributed by atoms with van der Waals surface area (Å²) >= 11 is 0. The lowest BCUT2D eigenvalue weighted by molar-refractivity contribution is 0.0809. The molecule has 15 rings (SSSR count). The number of fused-ring (bicyclic) bond motifs is 12. The normalized spacial score (nSPS) is 12.7. The van der Waals surface area contributed by atoms with Crippen LogP contribution in [0.4, 0.5) is 0 Å². The Morgan fingerprint density at radius 3 is 0.833 bits per heavy atom. The lowest BCUT2D eigenvalue weighted by Crippen LogP contribution is -2.26. The number of carbonyl (C=O) groups is 4. The molecule has 0 bridgehead atoms. The second-order valence-corrected chi connectivity index (χ2v) is 18.7. The van der Waals surface area contributed by atoms with Gasteiger partial charge < -0.3 is 0 Å². The number of nitrogens with zero attached hydrogens (tertiary/aromatic N) is 12. The molecule has 5 aromatic carbocycles. The minimum Gasteiger partial charge on any atom is -0.283 e. The van der Waals surface area contributed by atoms with Crippen molar-refractivity contribution < 1.29 is 19.2 Å². The first-order valence-electron chi connectivity index (χ1n) is 24.5. The number of rotatable bonds is 6. The first-order valence-corrected chi connectivity index (χ1v) is 24.5. The standard InChI is InChI=1S/C62H30N12O4/c75-59-55-51(67-27-43(71-55)33-9-5-31(6-10-33)41-23-39-19-17-37-3-1-21-63-47(37)49(39)65-25-41)53-57(61(59)77)73-45(29-69-53)35-13-15-36(16-14-35)46-30-70-54-52-56(60(76)62(78)58(54)74-46)72-44(28-68-52)34-11-7-32(8-12-34)42-24-40-20-18-38-4-2-22-64-48(38)50(40)66-26-42/h1-30H. The molecular weight excluding hydrogens is 977 g/mol. The first-order chi connectivity index (χ1) is 38.3. The van der Waals surface area contributed by atoms with E-state index in [0.29, 0.717) is 45.0 Å². The molecule has 0 N–H and O–H groups in total. The lowest BCUT2D eigenvalue weighted by Gasteiger charge is -2.17. The van der Waals surface area contributed by atoms with E-state index < -0.39 is 23.1 Å². The van der Waals surface area contributed by atoms with Crippen molar-refractivity contribution in [2.45, 2.75) is 0 Å². The Kier molecular flexibility index (Phi) is 9.73. The highest BCUT2D eigenvalue weighted by Gasteiger charge is 2.37. The molecule has 2 aliphatic carbocycles. The molecule has 0 unspecified atom stereocenters. The zero-order chi connectivity index (χ0) is 52.2. The number of aromatic nitrogens is 12. The van der Waals surface area contributed by atoms with Gasteiger partial charge in [-0.25, -0.2) is 39.9 Å². The van der Waals surface area contributed by atoms with Crippen molar-refractivity contribution in [1.29, 1.82) is 0 Å². The van der Waals surface area contributed by atoms with Crippen LogP contribution in [0.15, 0.2) is 183 Å². The fourth-order valence-electron chi connectivity index (χ4n) is 10.1. The Balaban J connectivity index is 0.654. The summed E-state index contributed by atoms with van der Waals surface area (Å²) in [5.41, 5.74) is 11.3. The highest BCUT2D eigenvalue weighted by atomic mass is 16.2. The van der Waals surface area contributed by atoms with Crippen molar-refractivity contribution in [1.82, 2.24) is 59.8 Å².